The second-order valence-corrected chi connectivity index (χ2v) is 6.71. The Morgan fingerprint density at radius 3 is 2.08 bits per heavy atom. The Morgan fingerprint density at radius 2 is 1.46 bits per heavy atom. The van der Waals surface area contributed by atoms with Crippen LogP contribution in [0.4, 0.5) is 26.3 Å². The first-order valence-electron chi connectivity index (χ1n) is 6.90. The summed E-state index contributed by atoms with van der Waals surface area (Å²) < 4.78 is 106. The fourth-order valence-corrected chi connectivity index (χ4v) is 3.29. The first-order valence-corrected chi connectivity index (χ1v) is 8.38. The van der Waals surface area contributed by atoms with Gasteiger partial charge in [-0.1, -0.05) is 30.3 Å². The average molecular weight is 399 g/mol. The first-order chi connectivity index (χ1) is 11.9. The standard InChI is InChI=1S/C15H11F6NO3S/c16-14(17,18)11-6-2-4-8-13(11)26(23,24)22-9-10-5-1-3-7-12(10)25-15(19,20)21/h1-8,22H,9H2. The zero-order valence-corrected chi connectivity index (χ0v) is 13.5. The maximum atomic E-state index is 13.0. The minimum absolute atomic E-state index is 0.196. The molecule has 4 nitrogen and oxygen atoms in total. The molecule has 26 heavy (non-hydrogen) atoms. The van der Waals surface area contributed by atoms with Crippen molar-refractivity contribution in [2.45, 2.75) is 24.0 Å². The summed E-state index contributed by atoms with van der Waals surface area (Å²) >= 11 is 0. The van der Waals surface area contributed by atoms with E-state index in [1.54, 1.807) is 0 Å². The van der Waals surface area contributed by atoms with Crippen molar-refractivity contribution >= 4 is 10.0 Å². The smallest absolute Gasteiger partial charge is 0.405 e. The Morgan fingerprint density at radius 1 is 0.885 bits per heavy atom. The summed E-state index contributed by atoms with van der Waals surface area (Å²) in [5, 5.41) is 0. The van der Waals surface area contributed by atoms with E-state index in [4.69, 9.17) is 0 Å². The van der Waals surface area contributed by atoms with E-state index in [0.717, 1.165) is 30.3 Å². The molecule has 0 atom stereocenters. The third kappa shape index (κ3) is 5.11. The number of para-hydroxylation sites is 1. The van der Waals surface area contributed by atoms with Crippen molar-refractivity contribution < 1.29 is 39.5 Å². The van der Waals surface area contributed by atoms with E-state index in [0.29, 0.717) is 6.07 Å². The second-order valence-electron chi connectivity index (χ2n) is 4.97. The summed E-state index contributed by atoms with van der Waals surface area (Å²) in [6.45, 7) is -0.694. The van der Waals surface area contributed by atoms with E-state index in [2.05, 4.69) is 4.74 Å². The molecule has 11 heteroatoms. The third-order valence-electron chi connectivity index (χ3n) is 3.13. The molecular weight excluding hydrogens is 388 g/mol. The van der Waals surface area contributed by atoms with E-state index in [1.165, 1.54) is 12.1 Å². The van der Waals surface area contributed by atoms with Gasteiger partial charge in [-0.3, -0.25) is 0 Å². The maximum absolute atomic E-state index is 13.0. The van der Waals surface area contributed by atoms with E-state index < -0.39 is 45.3 Å². The lowest BCUT2D eigenvalue weighted by Crippen LogP contribution is -2.27. The average Bonchev–Trinajstić information content (AvgIpc) is 2.52. The van der Waals surface area contributed by atoms with Crippen LogP contribution in [0.2, 0.25) is 0 Å². The van der Waals surface area contributed by atoms with Crippen LogP contribution in [0.5, 0.6) is 5.75 Å². The molecule has 2 rings (SSSR count). The van der Waals surface area contributed by atoms with Gasteiger partial charge in [0.2, 0.25) is 10.0 Å². The Labute approximate surface area is 144 Å². The van der Waals surface area contributed by atoms with Crippen LogP contribution < -0.4 is 9.46 Å². The SMILES string of the molecule is O=S(=O)(NCc1ccccc1OC(F)(F)F)c1ccccc1C(F)(F)F. The lowest BCUT2D eigenvalue weighted by molar-refractivity contribution is -0.274. The zero-order chi connectivity index (χ0) is 19.6. The number of hydrogen-bond acceptors (Lipinski definition) is 3. The van der Waals surface area contributed by atoms with Gasteiger partial charge < -0.3 is 4.74 Å². The summed E-state index contributed by atoms with van der Waals surface area (Å²) in [7, 11) is -4.64. The molecule has 0 unspecified atom stereocenters. The fraction of sp³-hybridized carbons (Fsp3) is 0.200. The molecule has 0 amide bonds. The van der Waals surface area contributed by atoms with Crippen LogP contribution in [0.25, 0.3) is 0 Å². The number of sulfonamides is 1. The van der Waals surface area contributed by atoms with Crippen LogP contribution >= 0.6 is 0 Å². The number of hydrogen-bond donors (Lipinski definition) is 1. The number of rotatable bonds is 5. The number of ether oxygens (including phenoxy) is 1. The highest BCUT2D eigenvalue weighted by Gasteiger charge is 2.37. The Bertz CT molecular complexity index is 877. The maximum Gasteiger partial charge on any atom is 0.573 e. The van der Waals surface area contributed by atoms with Crippen molar-refractivity contribution in [1.29, 1.82) is 0 Å². The van der Waals surface area contributed by atoms with Crippen molar-refractivity contribution in [2.75, 3.05) is 0 Å². The van der Waals surface area contributed by atoms with E-state index in [-0.39, 0.29) is 5.56 Å². The molecule has 0 aliphatic carbocycles. The number of benzene rings is 2. The van der Waals surface area contributed by atoms with Gasteiger partial charge in [0, 0.05) is 12.1 Å². The van der Waals surface area contributed by atoms with E-state index in [9.17, 15) is 34.8 Å². The van der Waals surface area contributed by atoms with E-state index in [1.807, 2.05) is 4.72 Å². The molecule has 0 saturated heterocycles. The highest BCUT2D eigenvalue weighted by atomic mass is 32.2. The molecular formula is C15H11F6NO3S. The normalized spacial score (nSPS) is 12.8. The fourth-order valence-electron chi connectivity index (χ4n) is 2.06. The van der Waals surface area contributed by atoms with Crippen LogP contribution in [-0.4, -0.2) is 14.8 Å². The largest absolute Gasteiger partial charge is 0.573 e. The highest BCUT2D eigenvalue weighted by molar-refractivity contribution is 7.89. The molecule has 0 heterocycles. The van der Waals surface area contributed by atoms with Crippen LogP contribution in [0, 0.1) is 0 Å². The number of nitrogens with one attached hydrogen (secondary N) is 1. The predicted molar refractivity (Wildman–Crippen MR) is 78.6 cm³/mol. The second kappa shape index (κ2) is 7.16. The number of halogens is 6. The molecule has 0 spiro atoms. The van der Waals surface area contributed by atoms with Crippen molar-refractivity contribution in [3.63, 3.8) is 0 Å². The van der Waals surface area contributed by atoms with Gasteiger partial charge in [-0.15, -0.1) is 13.2 Å². The lowest BCUT2D eigenvalue weighted by Gasteiger charge is -2.15. The minimum Gasteiger partial charge on any atom is -0.405 e. The van der Waals surface area contributed by atoms with Gasteiger partial charge >= 0.3 is 12.5 Å². The van der Waals surface area contributed by atoms with Gasteiger partial charge in [0.15, 0.2) is 0 Å². The van der Waals surface area contributed by atoms with Crippen LogP contribution in [-0.2, 0) is 22.7 Å². The quantitative estimate of drug-likeness (QED) is 0.771. The zero-order valence-electron chi connectivity index (χ0n) is 12.7. The van der Waals surface area contributed by atoms with E-state index >= 15 is 0 Å². The molecule has 1 N–H and O–H groups in total. The summed E-state index contributed by atoms with van der Waals surface area (Å²) in [5.41, 5.74) is -1.58. The summed E-state index contributed by atoms with van der Waals surface area (Å²) in [6.07, 6.45) is -9.92. The van der Waals surface area contributed by atoms with Crippen LogP contribution in [0.1, 0.15) is 11.1 Å². The van der Waals surface area contributed by atoms with Gasteiger partial charge in [-0.2, -0.15) is 13.2 Å². The molecule has 0 fully saturated rings. The van der Waals surface area contributed by atoms with Crippen molar-refractivity contribution in [2.24, 2.45) is 0 Å². The van der Waals surface area contributed by atoms with Crippen LogP contribution in [0.3, 0.4) is 0 Å². The van der Waals surface area contributed by atoms with Gasteiger partial charge in [0.05, 0.1) is 10.5 Å². The highest BCUT2D eigenvalue weighted by Crippen LogP contribution is 2.34. The molecule has 0 aliphatic rings. The molecule has 0 aliphatic heterocycles. The number of alkyl halides is 6. The lowest BCUT2D eigenvalue weighted by atomic mass is 10.2. The van der Waals surface area contributed by atoms with Crippen molar-refractivity contribution in [3.05, 3.63) is 59.7 Å². The molecule has 142 valence electrons. The molecule has 2 aromatic rings. The summed E-state index contributed by atoms with van der Waals surface area (Å²) in [5.74, 6) is -0.660. The van der Waals surface area contributed by atoms with Crippen molar-refractivity contribution in [3.8, 4) is 5.75 Å². The van der Waals surface area contributed by atoms with Gasteiger partial charge in [-0.05, 0) is 18.2 Å². The van der Waals surface area contributed by atoms with Crippen molar-refractivity contribution in [1.82, 2.24) is 4.72 Å². The third-order valence-corrected chi connectivity index (χ3v) is 4.59. The monoisotopic (exact) mass is 399 g/mol. The Kier molecular flexibility index (Phi) is 5.52. The predicted octanol–water partition coefficient (Wildman–Crippen LogP) is 4.08. The Hall–Kier alpha value is -2.27. The summed E-state index contributed by atoms with van der Waals surface area (Å²) in [4.78, 5) is -1.03. The Balaban J connectivity index is 2.29. The molecule has 0 bridgehead atoms. The van der Waals surface area contributed by atoms with Gasteiger partial charge in [0.1, 0.15) is 5.75 Å². The topological polar surface area (TPSA) is 55.4 Å². The molecule has 2 aromatic carbocycles. The van der Waals surface area contributed by atoms with Crippen LogP contribution in [0.15, 0.2) is 53.4 Å². The molecule has 0 aromatic heterocycles. The van der Waals surface area contributed by atoms with Gasteiger partial charge in [0.25, 0.3) is 0 Å². The van der Waals surface area contributed by atoms with Gasteiger partial charge in [-0.25, -0.2) is 13.1 Å². The first kappa shape index (κ1) is 20.0. The summed E-state index contributed by atoms with van der Waals surface area (Å²) in [6, 6.07) is 8.14. The molecule has 0 saturated carbocycles. The minimum atomic E-state index is -5.00. The molecule has 0 radical (unpaired) electrons.